The molecule has 1 aliphatic rings. The second kappa shape index (κ2) is 9.62. The molecular formula is C19H13N3O9S2. The average Bonchev–Trinajstić information content (AvgIpc) is 3.01. The number of nitro groups is 2. The molecule has 0 saturated carbocycles. The molecule has 1 N–H and O–H groups in total. The quantitative estimate of drug-likeness (QED) is 0.248. The van der Waals surface area contributed by atoms with Crippen molar-refractivity contribution >= 4 is 57.6 Å². The lowest BCUT2D eigenvalue weighted by atomic mass is 10.1. The summed E-state index contributed by atoms with van der Waals surface area (Å²) in [6, 6.07) is 7.45. The summed E-state index contributed by atoms with van der Waals surface area (Å²) in [4.78, 5) is 45.3. The molecule has 3 rings (SSSR count). The predicted molar refractivity (Wildman–Crippen MR) is 120 cm³/mol. The third kappa shape index (κ3) is 5.24. The summed E-state index contributed by atoms with van der Waals surface area (Å²) in [7, 11) is 1.35. The van der Waals surface area contributed by atoms with Gasteiger partial charge in [-0.05, 0) is 29.8 Å². The van der Waals surface area contributed by atoms with Crippen LogP contribution in [0.3, 0.4) is 0 Å². The van der Waals surface area contributed by atoms with Crippen molar-refractivity contribution < 1.29 is 34.0 Å². The normalized spacial score (nSPS) is 14.5. The number of aliphatic carboxylic acids is 1. The lowest BCUT2D eigenvalue weighted by Crippen LogP contribution is -2.33. The summed E-state index contributed by atoms with van der Waals surface area (Å²) in [6.45, 7) is -0.567. The van der Waals surface area contributed by atoms with Gasteiger partial charge in [0.1, 0.15) is 10.9 Å². The van der Waals surface area contributed by atoms with E-state index in [-0.39, 0.29) is 26.5 Å². The standard InChI is InChI=1S/C19H13N3O9S2/c1-30-14-4-2-10(7-16-18(25)20(9-17(23)24)19(32)33-16)6-15(14)31-13-5-3-11(21(26)27)8-12(13)22(28)29/h2-8H,9H2,1H3,(H,23,24)/b16-7-. The first-order chi connectivity index (χ1) is 15.6. The van der Waals surface area contributed by atoms with E-state index >= 15 is 0 Å². The second-order valence-electron chi connectivity index (χ2n) is 6.34. The van der Waals surface area contributed by atoms with Crippen LogP contribution < -0.4 is 9.47 Å². The Bertz CT molecular complexity index is 1230. The molecule has 0 atom stereocenters. The highest BCUT2D eigenvalue weighted by molar-refractivity contribution is 8.26. The van der Waals surface area contributed by atoms with Gasteiger partial charge in [0, 0.05) is 6.07 Å². The SMILES string of the molecule is COc1ccc(/C=C2\SC(=S)N(CC(=O)O)C2=O)cc1Oc1ccc([N+](=O)[O-])cc1[N+](=O)[O-]. The number of ether oxygens (including phenoxy) is 2. The van der Waals surface area contributed by atoms with Crippen LogP contribution in [0.15, 0.2) is 41.3 Å². The van der Waals surface area contributed by atoms with Gasteiger partial charge in [-0.15, -0.1) is 0 Å². The highest BCUT2D eigenvalue weighted by atomic mass is 32.2. The molecule has 14 heteroatoms. The first-order valence-corrected chi connectivity index (χ1v) is 10.1. The maximum absolute atomic E-state index is 12.5. The van der Waals surface area contributed by atoms with Gasteiger partial charge >= 0.3 is 11.7 Å². The summed E-state index contributed by atoms with van der Waals surface area (Å²) in [6.07, 6.45) is 1.46. The van der Waals surface area contributed by atoms with Gasteiger partial charge in [-0.3, -0.25) is 34.7 Å². The van der Waals surface area contributed by atoms with Crippen LogP contribution in [0.5, 0.6) is 17.2 Å². The minimum absolute atomic E-state index is 0.0456. The summed E-state index contributed by atoms with van der Waals surface area (Å²) in [5.41, 5.74) is -0.657. The number of carboxylic acids is 1. The lowest BCUT2D eigenvalue weighted by molar-refractivity contribution is -0.394. The van der Waals surface area contributed by atoms with E-state index in [0.29, 0.717) is 5.56 Å². The molecular weight excluding hydrogens is 478 g/mol. The van der Waals surface area contributed by atoms with Crippen LogP contribution in [0.1, 0.15) is 5.56 Å². The van der Waals surface area contributed by atoms with Gasteiger partial charge in [0.05, 0.1) is 27.9 Å². The number of nitro benzene ring substituents is 2. The summed E-state index contributed by atoms with van der Waals surface area (Å²) >= 11 is 5.99. The third-order valence-corrected chi connectivity index (χ3v) is 5.60. The van der Waals surface area contributed by atoms with E-state index < -0.39 is 39.6 Å². The number of rotatable bonds is 8. The lowest BCUT2D eigenvalue weighted by Gasteiger charge is -2.12. The van der Waals surface area contributed by atoms with Crippen molar-refractivity contribution in [2.24, 2.45) is 0 Å². The average molecular weight is 491 g/mol. The van der Waals surface area contributed by atoms with Gasteiger partial charge in [-0.1, -0.05) is 30.0 Å². The maximum atomic E-state index is 12.5. The summed E-state index contributed by atoms with van der Waals surface area (Å²) < 4.78 is 10.9. The molecule has 1 heterocycles. The number of carboxylic acid groups (broad SMARTS) is 1. The molecule has 0 spiro atoms. The van der Waals surface area contributed by atoms with Crippen LogP contribution in [0.25, 0.3) is 6.08 Å². The van der Waals surface area contributed by atoms with Gasteiger partial charge in [0.15, 0.2) is 11.5 Å². The smallest absolute Gasteiger partial charge is 0.323 e. The fourth-order valence-electron chi connectivity index (χ4n) is 2.75. The Balaban J connectivity index is 1.96. The van der Waals surface area contributed by atoms with Crippen molar-refractivity contribution in [3.8, 4) is 17.2 Å². The van der Waals surface area contributed by atoms with E-state index in [1.165, 1.54) is 25.3 Å². The number of amides is 1. The zero-order valence-electron chi connectivity index (χ0n) is 16.6. The number of thiocarbonyl (C=S) groups is 1. The van der Waals surface area contributed by atoms with E-state index in [4.69, 9.17) is 26.8 Å². The largest absolute Gasteiger partial charge is 0.493 e. The molecule has 1 aliphatic heterocycles. The topological polar surface area (TPSA) is 162 Å². The summed E-state index contributed by atoms with van der Waals surface area (Å²) in [5.74, 6) is -1.79. The van der Waals surface area contributed by atoms with Crippen LogP contribution in [0.4, 0.5) is 11.4 Å². The van der Waals surface area contributed by atoms with Gasteiger partial charge in [-0.2, -0.15) is 0 Å². The van der Waals surface area contributed by atoms with E-state index in [0.717, 1.165) is 34.9 Å². The van der Waals surface area contributed by atoms with Gasteiger partial charge in [0.2, 0.25) is 5.75 Å². The van der Waals surface area contributed by atoms with Crippen molar-refractivity contribution in [2.45, 2.75) is 0 Å². The molecule has 0 aliphatic carbocycles. The number of hydrogen-bond acceptors (Lipinski definition) is 10. The van der Waals surface area contributed by atoms with E-state index in [1.54, 1.807) is 6.07 Å². The zero-order chi connectivity index (χ0) is 24.3. The first kappa shape index (κ1) is 23.6. The van der Waals surface area contributed by atoms with Gasteiger partial charge < -0.3 is 14.6 Å². The Morgan fingerprint density at radius 1 is 1.15 bits per heavy atom. The minimum atomic E-state index is -1.21. The van der Waals surface area contributed by atoms with Crippen molar-refractivity contribution in [3.63, 3.8) is 0 Å². The molecule has 33 heavy (non-hydrogen) atoms. The minimum Gasteiger partial charge on any atom is -0.493 e. The molecule has 1 amide bonds. The van der Waals surface area contributed by atoms with Crippen molar-refractivity contribution in [3.05, 3.63) is 67.1 Å². The van der Waals surface area contributed by atoms with Gasteiger partial charge in [-0.25, -0.2) is 0 Å². The second-order valence-corrected chi connectivity index (χ2v) is 8.02. The Kier molecular flexibility index (Phi) is 6.89. The van der Waals surface area contributed by atoms with Crippen LogP contribution >= 0.6 is 24.0 Å². The van der Waals surface area contributed by atoms with Crippen LogP contribution in [0.2, 0.25) is 0 Å². The molecule has 0 unspecified atom stereocenters. The highest BCUT2D eigenvalue weighted by Crippen LogP contribution is 2.39. The Labute approximate surface area is 194 Å². The number of methoxy groups -OCH3 is 1. The molecule has 0 aromatic heterocycles. The zero-order valence-corrected chi connectivity index (χ0v) is 18.3. The predicted octanol–water partition coefficient (Wildman–Crippen LogP) is 3.59. The molecule has 0 bridgehead atoms. The molecule has 1 fully saturated rings. The molecule has 2 aromatic carbocycles. The Morgan fingerprint density at radius 3 is 2.45 bits per heavy atom. The number of carbonyl (C=O) groups excluding carboxylic acids is 1. The number of nitrogens with zero attached hydrogens (tertiary/aromatic N) is 3. The molecule has 2 aromatic rings. The van der Waals surface area contributed by atoms with Crippen molar-refractivity contribution in [1.82, 2.24) is 4.90 Å². The molecule has 0 radical (unpaired) electrons. The summed E-state index contributed by atoms with van der Waals surface area (Å²) in [5, 5.41) is 31.2. The Hall–Kier alpha value is -4.04. The number of hydrogen-bond donors (Lipinski definition) is 1. The molecule has 12 nitrogen and oxygen atoms in total. The van der Waals surface area contributed by atoms with E-state index in [9.17, 15) is 29.8 Å². The van der Waals surface area contributed by atoms with Crippen LogP contribution in [-0.2, 0) is 9.59 Å². The number of carbonyl (C=O) groups is 2. The number of non-ortho nitro benzene ring substituents is 1. The number of benzene rings is 2. The van der Waals surface area contributed by atoms with Crippen molar-refractivity contribution in [2.75, 3.05) is 13.7 Å². The fourth-order valence-corrected chi connectivity index (χ4v) is 4.01. The number of thioether (sulfide) groups is 1. The Morgan fingerprint density at radius 2 is 1.85 bits per heavy atom. The first-order valence-electron chi connectivity index (χ1n) is 8.86. The van der Waals surface area contributed by atoms with Crippen molar-refractivity contribution in [1.29, 1.82) is 0 Å². The third-order valence-electron chi connectivity index (χ3n) is 4.22. The van der Waals surface area contributed by atoms with Crippen LogP contribution in [0, 0.1) is 20.2 Å². The van der Waals surface area contributed by atoms with Crippen LogP contribution in [-0.4, -0.2) is 49.7 Å². The van der Waals surface area contributed by atoms with E-state index in [2.05, 4.69) is 0 Å². The maximum Gasteiger partial charge on any atom is 0.323 e. The van der Waals surface area contributed by atoms with E-state index in [1.807, 2.05) is 0 Å². The molecule has 170 valence electrons. The monoisotopic (exact) mass is 491 g/mol. The fraction of sp³-hybridized carbons (Fsp3) is 0.105. The highest BCUT2D eigenvalue weighted by Gasteiger charge is 2.33. The van der Waals surface area contributed by atoms with Gasteiger partial charge in [0.25, 0.3) is 11.6 Å². The molecule has 1 saturated heterocycles.